The molecule has 1 atom stereocenters. The summed E-state index contributed by atoms with van der Waals surface area (Å²) in [6.07, 6.45) is 3.85. The number of para-hydroxylation sites is 1. The van der Waals surface area contributed by atoms with Gasteiger partial charge in [0.1, 0.15) is 5.58 Å². The molecule has 1 fully saturated rings. The molecule has 0 aliphatic carbocycles. The van der Waals surface area contributed by atoms with Crippen molar-refractivity contribution < 1.29 is 9.21 Å². The van der Waals surface area contributed by atoms with Crippen LogP contribution in [0.5, 0.6) is 0 Å². The Hall–Kier alpha value is -1.95. The molecule has 3 heterocycles. The van der Waals surface area contributed by atoms with E-state index in [1.165, 1.54) is 24.1 Å². The molecule has 0 spiro atoms. The minimum atomic E-state index is 0.00442. The Balaban J connectivity index is 1.38. The number of hydrogen-bond acceptors (Lipinski definition) is 5. The molecule has 4 nitrogen and oxygen atoms in total. The van der Waals surface area contributed by atoms with Crippen molar-refractivity contribution in [1.29, 1.82) is 0 Å². The van der Waals surface area contributed by atoms with Crippen LogP contribution >= 0.6 is 11.3 Å². The van der Waals surface area contributed by atoms with E-state index in [1.54, 1.807) is 11.3 Å². The fraction of sp³-hybridized carbons (Fsp3) is 0.381. The molecule has 0 saturated carbocycles. The first-order valence-electron chi connectivity index (χ1n) is 9.31. The molecule has 3 aromatic rings. The van der Waals surface area contributed by atoms with Gasteiger partial charge in [-0.15, -0.1) is 11.3 Å². The van der Waals surface area contributed by atoms with Gasteiger partial charge in [-0.25, -0.2) is 0 Å². The molecule has 0 bridgehead atoms. The van der Waals surface area contributed by atoms with Crippen molar-refractivity contribution in [2.75, 3.05) is 26.2 Å². The van der Waals surface area contributed by atoms with Gasteiger partial charge in [-0.05, 0) is 49.5 Å². The number of piperidine rings is 1. The molecule has 1 unspecified atom stereocenters. The van der Waals surface area contributed by atoms with E-state index in [0.29, 0.717) is 18.3 Å². The van der Waals surface area contributed by atoms with Crippen LogP contribution in [-0.4, -0.2) is 36.9 Å². The fourth-order valence-corrected chi connectivity index (χ4v) is 4.51. The van der Waals surface area contributed by atoms with E-state index < -0.39 is 0 Å². The number of nitrogens with zero attached hydrogens (tertiary/aromatic N) is 1. The lowest BCUT2D eigenvalue weighted by molar-refractivity contribution is 0.0960. The van der Waals surface area contributed by atoms with Gasteiger partial charge < -0.3 is 9.73 Å². The summed E-state index contributed by atoms with van der Waals surface area (Å²) in [6.45, 7) is 3.37. The number of Topliss-reactive ketones (excluding diaryl/α,β-unsaturated/α-hetero) is 1. The number of nitrogens with one attached hydrogen (secondary N) is 1. The van der Waals surface area contributed by atoms with Gasteiger partial charge in [0, 0.05) is 16.8 Å². The summed E-state index contributed by atoms with van der Waals surface area (Å²) < 4.78 is 5.68. The van der Waals surface area contributed by atoms with Gasteiger partial charge in [0.2, 0.25) is 5.78 Å². The van der Waals surface area contributed by atoms with Crippen LogP contribution in [0.4, 0.5) is 0 Å². The number of furan rings is 1. The monoisotopic (exact) mass is 368 g/mol. The molecule has 0 radical (unpaired) electrons. The lowest BCUT2D eigenvalue weighted by Gasteiger charge is -2.34. The number of carbonyl (C=O) groups is 1. The second kappa shape index (κ2) is 8.16. The van der Waals surface area contributed by atoms with Crippen LogP contribution < -0.4 is 5.32 Å². The predicted octanol–water partition coefficient (Wildman–Crippen LogP) is 4.49. The van der Waals surface area contributed by atoms with E-state index >= 15 is 0 Å². The summed E-state index contributed by atoms with van der Waals surface area (Å²) in [6, 6.07) is 14.2. The third kappa shape index (κ3) is 3.90. The van der Waals surface area contributed by atoms with E-state index in [9.17, 15) is 4.79 Å². The van der Waals surface area contributed by atoms with Crippen LogP contribution in [0.25, 0.3) is 11.0 Å². The summed E-state index contributed by atoms with van der Waals surface area (Å²) in [7, 11) is 0. The fourth-order valence-electron chi connectivity index (χ4n) is 3.65. The van der Waals surface area contributed by atoms with E-state index in [0.717, 1.165) is 30.6 Å². The lowest BCUT2D eigenvalue weighted by atomic mass is 10.1. The van der Waals surface area contributed by atoms with Gasteiger partial charge in [-0.1, -0.05) is 30.7 Å². The first-order valence-corrected chi connectivity index (χ1v) is 10.2. The Labute approximate surface area is 157 Å². The molecule has 136 valence electrons. The molecule has 1 aliphatic heterocycles. The summed E-state index contributed by atoms with van der Waals surface area (Å²) in [4.78, 5) is 16.4. The first-order chi connectivity index (χ1) is 12.8. The maximum atomic E-state index is 12.5. The third-order valence-corrected chi connectivity index (χ3v) is 6.00. The van der Waals surface area contributed by atoms with Gasteiger partial charge in [-0.2, -0.15) is 0 Å². The molecular formula is C21H24N2O2S. The quantitative estimate of drug-likeness (QED) is 0.624. The summed E-state index contributed by atoms with van der Waals surface area (Å²) in [5.74, 6) is 0.439. The van der Waals surface area contributed by atoms with Crippen molar-refractivity contribution in [3.63, 3.8) is 0 Å². The summed E-state index contributed by atoms with van der Waals surface area (Å²) >= 11 is 1.80. The number of thiophene rings is 1. The molecule has 5 heteroatoms. The first kappa shape index (κ1) is 17.5. The smallest absolute Gasteiger partial charge is 0.211 e. The van der Waals surface area contributed by atoms with Gasteiger partial charge >= 0.3 is 0 Å². The Bertz CT molecular complexity index is 817. The number of carbonyl (C=O) groups excluding carboxylic acids is 1. The van der Waals surface area contributed by atoms with Crippen LogP contribution in [-0.2, 0) is 0 Å². The van der Waals surface area contributed by atoms with E-state index in [1.807, 2.05) is 30.3 Å². The number of ketones is 1. The van der Waals surface area contributed by atoms with Crippen molar-refractivity contribution >= 4 is 28.1 Å². The summed E-state index contributed by atoms with van der Waals surface area (Å²) in [5.41, 5.74) is 0.764. The van der Waals surface area contributed by atoms with Gasteiger partial charge in [0.05, 0.1) is 12.6 Å². The predicted molar refractivity (Wildman–Crippen MR) is 106 cm³/mol. The minimum absolute atomic E-state index is 0.00442. The molecule has 1 saturated heterocycles. The van der Waals surface area contributed by atoms with Crippen molar-refractivity contribution in [3.8, 4) is 0 Å². The zero-order valence-electron chi connectivity index (χ0n) is 14.8. The van der Waals surface area contributed by atoms with Crippen LogP contribution in [0.2, 0.25) is 0 Å². The Kier molecular flexibility index (Phi) is 5.48. The lowest BCUT2D eigenvalue weighted by Crippen LogP contribution is -2.39. The number of hydrogen-bond donors (Lipinski definition) is 1. The van der Waals surface area contributed by atoms with Gasteiger partial charge in [-0.3, -0.25) is 9.69 Å². The molecule has 2 aromatic heterocycles. The maximum Gasteiger partial charge on any atom is 0.211 e. The molecule has 1 N–H and O–H groups in total. The molecule has 1 aromatic carbocycles. The van der Waals surface area contributed by atoms with Crippen molar-refractivity contribution in [1.82, 2.24) is 10.2 Å². The third-order valence-electron chi connectivity index (χ3n) is 5.03. The highest BCUT2D eigenvalue weighted by Gasteiger charge is 2.23. The van der Waals surface area contributed by atoms with Crippen LogP contribution in [0, 0.1) is 0 Å². The Morgan fingerprint density at radius 3 is 2.77 bits per heavy atom. The second-order valence-electron chi connectivity index (χ2n) is 6.83. The zero-order valence-corrected chi connectivity index (χ0v) is 15.6. The minimum Gasteiger partial charge on any atom is -0.453 e. The molecule has 1 aliphatic rings. The van der Waals surface area contributed by atoms with E-state index in [2.05, 4.69) is 27.7 Å². The Morgan fingerprint density at radius 2 is 2.00 bits per heavy atom. The molecule has 4 rings (SSSR count). The average molecular weight is 369 g/mol. The highest BCUT2D eigenvalue weighted by Crippen LogP contribution is 2.27. The van der Waals surface area contributed by atoms with Crippen molar-refractivity contribution in [3.05, 3.63) is 58.5 Å². The molecule has 26 heavy (non-hydrogen) atoms. The van der Waals surface area contributed by atoms with Gasteiger partial charge in [0.15, 0.2) is 5.76 Å². The number of rotatable bonds is 7. The van der Waals surface area contributed by atoms with E-state index in [4.69, 9.17) is 4.42 Å². The highest BCUT2D eigenvalue weighted by molar-refractivity contribution is 7.10. The molecular weight excluding hydrogens is 344 g/mol. The number of fused-ring (bicyclic) bond motifs is 1. The number of likely N-dealkylation sites (tertiary alicyclic amines) is 1. The van der Waals surface area contributed by atoms with Crippen molar-refractivity contribution in [2.24, 2.45) is 0 Å². The summed E-state index contributed by atoms with van der Waals surface area (Å²) in [5, 5.41) is 6.47. The maximum absolute atomic E-state index is 12.5. The molecule has 0 amide bonds. The second-order valence-corrected chi connectivity index (χ2v) is 7.81. The number of benzene rings is 1. The SMILES string of the molecule is O=C(CNCC(c1cccs1)N1CCCCC1)c1cc2ccccc2o1. The van der Waals surface area contributed by atoms with E-state index in [-0.39, 0.29) is 5.78 Å². The normalized spacial score (nSPS) is 16.8. The van der Waals surface area contributed by atoms with Crippen LogP contribution in [0.1, 0.15) is 40.7 Å². The van der Waals surface area contributed by atoms with Crippen LogP contribution in [0.3, 0.4) is 0 Å². The largest absolute Gasteiger partial charge is 0.453 e. The van der Waals surface area contributed by atoms with Gasteiger partial charge in [0.25, 0.3) is 0 Å². The van der Waals surface area contributed by atoms with Crippen molar-refractivity contribution in [2.45, 2.75) is 25.3 Å². The Morgan fingerprint density at radius 1 is 1.15 bits per heavy atom. The van der Waals surface area contributed by atoms with Crippen LogP contribution in [0.15, 0.2) is 52.3 Å². The standard InChI is InChI=1S/C21H24N2O2S/c24-18(20-13-16-7-2-3-8-19(16)25-20)15-22-14-17(21-9-6-12-26-21)23-10-4-1-5-11-23/h2-3,6-9,12-13,17,22H,1,4-5,10-11,14-15H2. The highest BCUT2D eigenvalue weighted by atomic mass is 32.1. The average Bonchev–Trinajstić information content (AvgIpc) is 3.35. The zero-order chi connectivity index (χ0) is 17.8. The topological polar surface area (TPSA) is 45.5 Å².